The highest BCUT2D eigenvalue weighted by Crippen LogP contribution is 2.30. The number of hydrogen-bond donors (Lipinski definition) is 1. The van der Waals surface area contributed by atoms with Gasteiger partial charge < -0.3 is 10.6 Å². The summed E-state index contributed by atoms with van der Waals surface area (Å²) in [6.45, 7) is 0. The van der Waals surface area contributed by atoms with Crippen LogP contribution in [0.1, 0.15) is 18.4 Å². The molecule has 1 aliphatic rings. The molecule has 2 N–H and O–H groups in total. The predicted octanol–water partition coefficient (Wildman–Crippen LogP) is 1.40. The highest BCUT2D eigenvalue weighted by molar-refractivity contribution is 5.97. The minimum Gasteiger partial charge on any atom is -0.380 e. The fourth-order valence-corrected chi connectivity index (χ4v) is 1.16. The fourth-order valence-electron chi connectivity index (χ4n) is 1.16. The van der Waals surface area contributed by atoms with E-state index in [-0.39, 0.29) is 23.5 Å². The van der Waals surface area contributed by atoms with E-state index in [1.165, 1.54) is 24.3 Å². The zero-order valence-electron chi connectivity index (χ0n) is 8.52. The summed E-state index contributed by atoms with van der Waals surface area (Å²) in [7, 11) is 0. The fraction of sp³-hybridized carbons (Fsp3) is 0.273. The van der Waals surface area contributed by atoms with Gasteiger partial charge in [0.2, 0.25) is 0 Å². The summed E-state index contributed by atoms with van der Waals surface area (Å²) in [5, 5.41) is 3.51. The average Bonchev–Trinajstić information content (AvgIpc) is 3.10. The molecule has 4 nitrogen and oxygen atoms in total. The third-order valence-electron chi connectivity index (χ3n) is 2.28. The summed E-state index contributed by atoms with van der Waals surface area (Å²) in [4.78, 5) is 15.8. The van der Waals surface area contributed by atoms with Gasteiger partial charge in [-0.15, -0.1) is 0 Å². The first kappa shape index (κ1) is 10.6. The number of carbonyl (C=O) groups is 1. The molecule has 0 radical (unpaired) electrons. The summed E-state index contributed by atoms with van der Waals surface area (Å²) in [6.07, 6.45) is 1.70. The van der Waals surface area contributed by atoms with Gasteiger partial charge in [0.05, 0.1) is 5.92 Å². The van der Waals surface area contributed by atoms with Crippen molar-refractivity contribution in [2.45, 2.75) is 12.8 Å². The van der Waals surface area contributed by atoms with E-state index in [9.17, 15) is 9.18 Å². The lowest BCUT2D eigenvalue weighted by atomic mass is 10.2. The highest BCUT2D eigenvalue weighted by atomic mass is 19.1. The van der Waals surface area contributed by atoms with Gasteiger partial charge in [-0.1, -0.05) is 5.16 Å². The van der Waals surface area contributed by atoms with E-state index in [4.69, 9.17) is 5.73 Å². The smallest absolute Gasteiger partial charge is 0.338 e. The molecular formula is C11H11FN2O2. The largest absolute Gasteiger partial charge is 0.380 e. The van der Waals surface area contributed by atoms with E-state index in [1.54, 1.807) is 0 Å². The van der Waals surface area contributed by atoms with Gasteiger partial charge in [0.15, 0.2) is 5.84 Å². The van der Waals surface area contributed by atoms with Crippen LogP contribution in [0, 0.1) is 11.7 Å². The first-order valence-corrected chi connectivity index (χ1v) is 4.97. The van der Waals surface area contributed by atoms with Gasteiger partial charge >= 0.3 is 5.97 Å². The van der Waals surface area contributed by atoms with Crippen LogP contribution in [0.5, 0.6) is 0 Å². The van der Waals surface area contributed by atoms with E-state index in [2.05, 4.69) is 9.99 Å². The van der Waals surface area contributed by atoms with Gasteiger partial charge in [-0.05, 0) is 37.1 Å². The van der Waals surface area contributed by atoms with E-state index >= 15 is 0 Å². The van der Waals surface area contributed by atoms with Crippen LogP contribution in [0.4, 0.5) is 4.39 Å². The van der Waals surface area contributed by atoms with Crippen molar-refractivity contribution in [1.29, 1.82) is 0 Å². The maximum absolute atomic E-state index is 12.6. The van der Waals surface area contributed by atoms with Gasteiger partial charge in [-0.3, -0.25) is 0 Å². The van der Waals surface area contributed by atoms with Crippen molar-refractivity contribution >= 4 is 11.8 Å². The van der Waals surface area contributed by atoms with E-state index in [0.29, 0.717) is 5.56 Å². The summed E-state index contributed by atoms with van der Waals surface area (Å²) in [5.41, 5.74) is 6.08. The molecule has 0 bridgehead atoms. The summed E-state index contributed by atoms with van der Waals surface area (Å²) >= 11 is 0. The zero-order valence-corrected chi connectivity index (χ0v) is 8.52. The number of benzene rings is 1. The number of rotatable bonds is 3. The lowest BCUT2D eigenvalue weighted by Gasteiger charge is -2.00. The Bertz CT molecular complexity index is 424. The van der Waals surface area contributed by atoms with Crippen molar-refractivity contribution in [3.8, 4) is 0 Å². The number of halogens is 1. The third-order valence-corrected chi connectivity index (χ3v) is 2.28. The van der Waals surface area contributed by atoms with E-state index < -0.39 is 0 Å². The summed E-state index contributed by atoms with van der Waals surface area (Å²) in [6, 6.07) is 5.47. The van der Waals surface area contributed by atoms with Crippen LogP contribution < -0.4 is 5.73 Å². The second kappa shape index (κ2) is 4.30. The average molecular weight is 222 g/mol. The maximum atomic E-state index is 12.6. The zero-order chi connectivity index (χ0) is 11.5. The molecule has 1 aliphatic carbocycles. The minimum atomic E-state index is -0.356. The molecule has 5 heteroatoms. The van der Waals surface area contributed by atoms with Crippen LogP contribution in [-0.4, -0.2) is 11.8 Å². The van der Waals surface area contributed by atoms with Crippen LogP contribution in [0.3, 0.4) is 0 Å². The van der Waals surface area contributed by atoms with Crippen LogP contribution in [0.15, 0.2) is 29.4 Å². The first-order valence-electron chi connectivity index (χ1n) is 4.97. The molecule has 0 heterocycles. The minimum absolute atomic E-state index is 0.0234. The maximum Gasteiger partial charge on any atom is 0.338 e. The monoisotopic (exact) mass is 222 g/mol. The lowest BCUT2D eigenvalue weighted by Crippen LogP contribution is -2.15. The van der Waals surface area contributed by atoms with Gasteiger partial charge in [0, 0.05) is 5.56 Å². The second-order valence-electron chi connectivity index (χ2n) is 3.67. The molecule has 1 aromatic carbocycles. The Hall–Kier alpha value is -1.91. The molecule has 16 heavy (non-hydrogen) atoms. The molecule has 0 amide bonds. The molecule has 1 saturated carbocycles. The van der Waals surface area contributed by atoms with Crippen molar-refractivity contribution in [1.82, 2.24) is 0 Å². The van der Waals surface area contributed by atoms with Gasteiger partial charge in [-0.25, -0.2) is 9.18 Å². The van der Waals surface area contributed by atoms with Crippen LogP contribution in [-0.2, 0) is 9.63 Å². The van der Waals surface area contributed by atoms with Crippen molar-refractivity contribution in [2.24, 2.45) is 16.8 Å². The number of nitrogens with zero attached hydrogens (tertiary/aromatic N) is 1. The SMILES string of the molecule is N/C(=N\OC(=O)C1CC1)c1ccc(F)cc1. The molecule has 1 fully saturated rings. The molecule has 0 saturated heterocycles. The Balaban J connectivity index is 2.00. The highest BCUT2D eigenvalue weighted by Gasteiger charge is 2.31. The molecule has 0 aromatic heterocycles. The second-order valence-corrected chi connectivity index (χ2v) is 3.67. The topological polar surface area (TPSA) is 64.7 Å². The van der Waals surface area contributed by atoms with Gasteiger partial charge in [0.1, 0.15) is 5.82 Å². The Morgan fingerprint density at radius 1 is 1.38 bits per heavy atom. The quantitative estimate of drug-likeness (QED) is 0.364. The van der Waals surface area contributed by atoms with Gasteiger partial charge in [-0.2, -0.15) is 0 Å². The van der Waals surface area contributed by atoms with Crippen molar-refractivity contribution < 1.29 is 14.0 Å². The number of nitrogens with two attached hydrogens (primary N) is 1. The molecular weight excluding hydrogens is 211 g/mol. The van der Waals surface area contributed by atoms with Crippen LogP contribution in [0.2, 0.25) is 0 Å². The Kier molecular flexibility index (Phi) is 2.85. The van der Waals surface area contributed by atoms with Crippen LogP contribution in [0.25, 0.3) is 0 Å². The van der Waals surface area contributed by atoms with Crippen LogP contribution >= 0.6 is 0 Å². The Labute approximate surface area is 91.9 Å². The molecule has 2 rings (SSSR count). The Morgan fingerprint density at radius 3 is 2.56 bits per heavy atom. The molecule has 0 atom stereocenters. The van der Waals surface area contributed by atoms with Crippen molar-refractivity contribution in [3.63, 3.8) is 0 Å². The third kappa shape index (κ3) is 2.56. The number of amidine groups is 1. The normalized spacial score (nSPS) is 15.9. The number of hydrogen-bond acceptors (Lipinski definition) is 3. The molecule has 1 aromatic rings. The lowest BCUT2D eigenvalue weighted by molar-refractivity contribution is -0.145. The first-order chi connectivity index (χ1) is 7.66. The van der Waals surface area contributed by atoms with E-state index in [0.717, 1.165) is 12.8 Å². The molecule has 0 unspecified atom stereocenters. The van der Waals surface area contributed by atoms with Crippen molar-refractivity contribution in [3.05, 3.63) is 35.6 Å². The predicted molar refractivity (Wildman–Crippen MR) is 55.9 cm³/mol. The molecule has 0 aliphatic heterocycles. The molecule has 0 spiro atoms. The molecule has 84 valence electrons. The standard InChI is InChI=1S/C11H11FN2O2/c12-9-5-3-7(4-6-9)10(13)14-16-11(15)8-1-2-8/h3-6,8H,1-2H2,(H2,13,14). The Morgan fingerprint density at radius 2 is 2.00 bits per heavy atom. The summed E-state index contributed by atoms with van der Waals surface area (Å²) in [5.74, 6) is -0.671. The summed E-state index contributed by atoms with van der Waals surface area (Å²) < 4.78 is 12.6. The van der Waals surface area contributed by atoms with Gasteiger partial charge in [0.25, 0.3) is 0 Å². The number of oxime groups is 1. The number of carbonyl (C=O) groups excluding carboxylic acids is 1. The van der Waals surface area contributed by atoms with E-state index in [1.807, 2.05) is 0 Å². The van der Waals surface area contributed by atoms with Crippen molar-refractivity contribution in [2.75, 3.05) is 0 Å².